The van der Waals surface area contributed by atoms with E-state index in [9.17, 15) is 130 Å². The summed E-state index contributed by atoms with van der Waals surface area (Å²) in [6.07, 6.45) is -58.6. The fourth-order valence-corrected chi connectivity index (χ4v) is 15.9. The van der Waals surface area contributed by atoms with Crippen LogP contribution in [0, 0.1) is 0 Å². The van der Waals surface area contributed by atoms with Crippen LogP contribution in [0.5, 0.6) is 0 Å². The SMILES string of the molecule is CC(=O)N[C@@H]1[C@@H](O[C@@H]2O[C@H](CO)[C@@H](O)[C@H](O)[C@H]2NC(C)=O)[C@H](O[C@@H]2O[C@H](CO)[C@@H](O)[C@H](O)[C@H]2NC(C)=O)[C@@H](CO[C@@H]2O[C@H](CO)[C@@H](O)[C@H](O)[C@H]2NC(C)=O)O[C@H]1NC(=S)NCCCCNC(=S)N[C@@H]1O[C@H](CO[C@@H]2O[C@H](CO)[C@@H](O)[C@H](O)[C@H]2NC(C)=O)[C@@H](O[C@@H]2O[C@H](CO)[C@@H](O)[C@H](O)[C@H]2NC(C)=O)[C@H](O[C@@H]2O[C@H](CO)[C@@H](O)[C@H](O)[C@H]2NC(C)=O)[C@H]1NC(C)=O. The van der Waals surface area contributed by atoms with Gasteiger partial charge in [-0.3, -0.25) is 38.4 Å². The lowest BCUT2D eigenvalue weighted by molar-refractivity contribution is -0.348. The highest BCUT2D eigenvalue weighted by Gasteiger charge is 2.60. The van der Waals surface area contributed by atoms with Gasteiger partial charge in [-0.2, -0.15) is 0 Å². The van der Waals surface area contributed by atoms with Crippen LogP contribution in [-0.2, 0) is 105 Å². The number of unbranched alkanes of at least 4 members (excludes halogenated alkanes) is 1. The van der Waals surface area contributed by atoms with Crippen LogP contribution < -0.4 is 63.8 Å². The molecule has 8 aliphatic heterocycles. The largest absolute Gasteiger partial charge is 0.394 e. The van der Waals surface area contributed by atoms with Gasteiger partial charge in [0.2, 0.25) is 47.3 Å². The van der Waals surface area contributed by atoms with Crippen molar-refractivity contribution in [2.45, 2.75) is 313 Å². The van der Waals surface area contributed by atoms with Crippen molar-refractivity contribution in [2.75, 3.05) is 65.9 Å². The van der Waals surface area contributed by atoms with E-state index in [0.717, 1.165) is 55.4 Å². The lowest BCUT2D eigenvalue weighted by Gasteiger charge is -2.52. The highest BCUT2D eigenvalue weighted by molar-refractivity contribution is 7.80. The first-order valence-electron chi connectivity index (χ1n) is 39.8. The van der Waals surface area contributed by atoms with E-state index in [1.54, 1.807) is 0 Å². The maximum atomic E-state index is 13.6. The predicted octanol–water partition coefficient (Wildman–Crippen LogP) is -17.6. The number of hydrogen-bond donors (Lipinski definition) is 30. The van der Waals surface area contributed by atoms with Crippen molar-refractivity contribution in [1.82, 2.24) is 63.8 Å². The highest BCUT2D eigenvalue weighted by Crippen LogP contribution is 2.38. The fourth-order valence-electron chi connectivity index (χ4n) is 15.4. The molecule has 0 spiro atoms. The van der Waals surface area contributed by atoms with Crippen LogP contribution in [-0.4, -0.2) is 460 Å². The second-order valence-electron chi connectivity index (χ2n) is 30.8. The Morgan fingerprint density at radius 1 is 0.258 bits per heavy atom. The zero-order chi connectivity index (χ0) is 91.7. The van der Waals surface area contributed by atoms with Gasteiger partial charge in [-0.1, -0.05) is 0 Å². The standard InChI is InChI=1S/C70H118N12O40S2/c1-21(89)73-37-51(103)45(97)29(13-83)113-63(37)109-19-35-57(119-65-39(75-23(3)91)53(105)47(99)31(15-85)115-65)59(121-67-41(77-25(5)93)55(107)49(101)33(17-87)117-67)43(79-27(7)95)61(111-35)81-69(123)71-11-9-10-12-72-70(124)82-62-44(80-28(8)96)60(122-68-42(78-26(6)94)56(108)50(102)34(18-88)118-68)58(120-66-40(76-24(4)92)54(106)48(100)32(16-86)116-66)36(112-62)20-110-64-38(74-22(2)90)52(104)46(98)30(14-84)114-64/h29-68,83-88,97-108H,9-20H2,1-8H3,(H,73,89)(H,74,90)(H,75,91)(H,76,92)(H,77,93)(H,78,94)(H,79,95)(H,80,96)(H2,71,81,123)(H2,72,82,124)/t29-,30-,31-,32-,33-,34-,35-,36-,37-,38-,39-,40-,41-,42-,43-,44-,45-,46-,47-,48-,49-,50-,51-,52-,53-,54-,55-,56-,57-,58-,59-,60-,61-,62-,63-,64-,65+,66+,67+,68+/m1/s1. The predicted molar refractivity (Wildman–Crippen MR) is 413 cm³/mol. The van der Waals surface area contributed by atoms with Crippen molar-refractivity contribution >= 4 is 81.9 Å². The van der Waals surface area contributed by atoms with Crippen LogP contribution in [0.15, 0.2) is 0 Å². The minimum atomic E-state index is -1.99. The third-order valence-corrected chi connectivity index (χ3v) is 21.9. The molecule has 8 rings (SSSR count). The van der Waals surface area contributed by atoms with Gasteiger partial charge in [0.15, 0.2) is 60.4 Å². The Labute approximate surface area is 718 Å². The summed E-state index contributed by atoms with van der Waals surface area (Å²) < 4.78 is 88.1. The lowest BCUT2D eigenvalue weighted by atomic mass is 9.92. The minimum Gasteiger partial charge on any atom is -0.394 e. The molecule has 0 aliphatic carbocycles. The molecule has 0 unspecified atom stereocenters. The zero-order valence-corrected chi connectivity index (χ0v) is 70.1. The van der Waals surface area contributed by atoms with Crippen LogP contribution in [0.3, 0.4) is 0 Å². The van der Waals surface area contributed by atoms with E-state index < -0.39 is 345 Å². The van der Waals surface area contributed by atoms with Crippen molar-refractivity contribution < 1.29 is 197 Å². The van der Waals surface area contributed by atoms with Crippen molar-refractivity contribution in [3.8, 4) is 0 Å². The molecule has 0 aromatic carbocycles. The van der Waals surface area contributed by atoms with Crippen LogP contribution in [0.25, 0.3) is 0 Å². The molecule has 8 aliphatic rings. The number of hydrogen-bond acceptors (Lipinski definition) is 42. The Balaban J connectivity index is 1.10. The Morgan fingerprint density at radius 3 is 0.661 bits per heavy atom. The van der Waals surface area contributed by atoms with Crippen LogP contribution in [0.1, 0.15) is 68.2 Å². The molecule has 8 heterocycles. The third kappa shape index (κ3) is 26.3. The smallest absolute Gasteiger partial charge is 0.217 e. The molecule has 8 saturated heterocycles. The molecule has 52 nitrogen and oxygen atoms in total. The number of nitrogens with one attached hydrogen (secondary N) is 12. The summed E-state index contributed by atoms with van der Waals surface area (Å²) in [5.41, 5.74) is 0. The molecule has 30 N–H and O–H groups in total. The van der Waals surface area contributed by atoms with E-state index in [1.807, 2.05) is 0 Å². The Kier molecular flexibility index (Phi) is 39.5. The van der Waals surface area contributed by atoms with Crippen molar-refractivity contribution in [2.24, 2.45) is 0 Å². The molecule has 710 valence electrons. The van der Waals surface area contributed by atoms with Crippen LogP contribution in [0.2, 0.25) is 0 Å². The molecular weight excluding hydrogens is 1710 g/mol. The van der Waals surface area contributed by atoms with Crippen molar-refractivity contribution in [3.63, 3.8) is 0 Å². The molecule has 8 amide bonds. The van der Waals surface area contributed by atoms with Crippen LogP contribution in [0.4, 0.5) is 0 Å². The lowest BCUT2D eigenvalue weighted by Crippen LogP contribution is -2.73. The van der Waals surface area contributed by atoms with E-state index in [2.05, 4.69) is 63.8 Å². The summed E-state index contributed by atoms with van der Waals surface area (Å²) in [4.78, 5) is 104. The minimum absolute atomic E-state index is 0.0386. The van der Waals surface area contributed by atoms with Gasteiger partial charge in [0.1, 0.15) is 195 Å². The van der Waals surface area contributed by atoms with E-state index >= 15 is 0 Å². The average Bonchev–Trinajstić information content (AvgIpc) is 0.760. The van der Waals surface area contributed by atoms with Gasteiger partial charge in [0.05, 0.1) is 52.9 Å². The van der Waals surface area contributed by atoms with E-state index in [1.165, 1.54) is 0 Å². The normalized spacial score (nSPS) is 41.1. The summed E-state index contributed by atoms with van der Waals surface area (Å²) in [5.74, 6) is -6.52. The Morgan fingerprint density at radius 2 is 0.452 bits per heavy atom. The van der Waals surface area contributed by atoms with Crippen molar-refractivity contribution in [3.05, 3.63) is 0 Å². The molecule has 40 atom stereocenters. The van der Waals surface area contributed by atoms with E-state index in [4.69, 9.17) is 90.8 Å². The van der Waals surface area contributed by atoms with Gasteiger partial charge in [-0.05, 0) is 37.3 Å². The second kappa shape index (κ2) is 47.4. The summed E-state index contributed by atoms with van der Waals surface area (Å²) in [6.45, 7) is 0.762. The maximum Gasteiger partial charge on any atom is 0.217 e. The quantitative estimate of drug-likeness (QED) is 0.0207. The van der Waals surface area contributed by atoms with Gasteiger partial charge >= 0.3 is 0 Å². The number of ether oxygens (including phenoxy) is 14. The number of aliphatic hydroxyl groups is 18. The summed E-state index contributed by atoms with van der Waals surface area (Å²) >= 11 is 11.7. The number of amides is 8. The van der Waals surface area contributed by atoms with Gasteiger partial charge in [0, 0.05) is 68.5 Å². The molecule has 0 bridgehead atoms. The third-order valence-electron chi connectivity index (χ3n) is 21.4. The molecule has 0 aromatic heterocycles. The Bertz CT molecular complexity index is 3300. The Hall–Kier alpha value is -6.14. The van der Waals surface area contributed by atoms with Crippen LogP contribution >= 0.6 is 24.4 Å². The fraction of sp³-hybridized carbons (Fsp3) is 0.857. The first-order valence-corrected chi connectivity index (χ1v) is 40.6. The molecule has 0 saturated carbocycles. The summed E-state index contributed by atoms with van der Waals surface area (Å²) in [7, 11) is 0. The van der Waals surface area contributed by atoms with Gasteiger partial charge in [0.25, 0.3) is 0 Å². The number of rotatable bonds is 35. The number of carbonyl (C=O) groups excluding carboxylic acids is 8. The first-order chi connectivity index (χ1) is 58.6. The van der Waals surface area contributed by atoms with Gasteiger partial charge in [-0.25, -0.2) is 0 Å². The highest BCUT2D eigenvalue weighted by atomic mass is 32.1. The average molecular weight is 1830 g/mol. The second-order valence-corrected chi connectivity index (χ2v) is 31.6. The monoisotopic (exact) mass is 1830 g/mol. The van der Waals surface area contributed by atoms with Gasteiger partial charge < -0.3 is 222 Å². The molecular formula is C70H118N12O40S2. The van der Waals surface area contributed by atoms with Gasteiger partial charge in [-0.15, -0.1) is 0 Å². The number of carbonyl (C=O) groups is 8. The molecule has 54 heteroatoms. The van der Waals surface area contributed by atoms with E-state index in [0.29, 0.717) is 0 Å². The topological polar surface area (TPSA) is 774 Å². The summed E-state index contributed by atoms with van der Waals surface area (Å²) in [6, 6.07) is -13.6. The zero-order valence-electron chi connectivity index (χ0n) is 68.4. The first kappa shape index (κ1) is 103. The molecule has 8 fully saturated rings. The number of aliphatic hydroxyl groups excluding tert-OH is 18. The molecule has 124 heavy (non-hydrogen) atoms. The summed E-state index contributed by atoms with van der Waals surface area (Å²) in [5, 5.41) is 228. The van der Waals surface area contributed by atoms with E-state index in [-0.39, 0.29) is 36.2 Å². The van der Waals surface area contributed by atoms with Crippen molar-refractivity contribution in [1.29, 1.82) is 0 Å². The molecule has 0 radical (unpaired) electrons. The molecule has 0 aromatic rings. The number of thiocarbonyl (C=S) groups is 2. The maximum absolute atomic E-state index is 13.6.